The first-order valence-corrected chi connectivity index (χ1v) is 6.99. The zero-order valence-electron chi connectivity index (χ0n) is 11.9. The van der Waals surface area contributed by atoms with E-state index in [4.69, 9.17) is 9.84 Å². The number of aliphatic carboxylic acids is 1. The molecule has 2 rings (SSSR count). The number of carboxylic acid groups (broad SMARTS) is 1. The van der Waals surface area contributed by atoms with Crippen molar-refractivity contribution in [3.8, 4) is 5.75 Å². The highest BCUT2D eigenvalue weighted by Gasteiger charge is 2.46. The predicted molar refractivity (Wildman–Crippen MR) is 73.8 cm³/mol. The molecular weight excluding hydrogens is 296 g/mol. The average molecular weight is 313 g/mol. The lowest BCUT2D eigenvalue weighted by molar-refractivity contribution is -0.150. The molecule has 1 aliphatic rings. The van der Waals surface area contributed by atoms with E-state index in [-0.39, 0.29) is 31.9 Å². The Bertz CT molecular complexity index is 566. The zero-order chi connectivity index (χ0) is 16.2. The Morgan fingerprint density at radius 3 is 2.82 bits per heavy atom. The second-order valence-corrected chi connectivity index (χ2v) is 5.25. The van der Waals surface area contributed by atoms with Crippen LogP contribution in [-0.4, -0.2) is 47.2 Å². The van der Waals surface area contributed by atoms with Crippen molar-refractivity contribution in [1.82, 2.24) is 4.90 Å². The minimum Gasteiger partial charge on any atom is -0.493 e. The summed E-state index contributed by atoms with van der Waals surface area (Å²) in [4.78, 5) is 23.9. The van der Waals surface area contributed by atoms with Gasteiger partial charge in [0, 0.05) is 25.5 Å². The summed E-state index contributed by atoms with van der Waals surface area (Å²) in [6.45, 7) is -0.0823. The summed E-state index contributed by atoms with van der Waals surface area (Å²) in [6, 6.07) is 5.67. The zero-order valence-corrected chi connectivity index (χ0v) is 11.9. The van der Waals surface area contributed by atoms with E-state index in [2.05, 4.69) is 0 Å². The van der Waals surface area contributed by atoms with Crippen molar-refractivity contribution in [3.05, 3.63) is 30.1 Å². The lowest BCUT2D eigenvalue weighted by Crippen LogP contribution is -2.38. The van der Waals surface area contributed by atoms with Gasteiger partial charge in [-0.3, -0.25) is 4.79 Å². The van der Waals surface area contributed by atoms with Crippen molar-refractivity contribution in [2.24, 2.45) is 0 Å². The van der Waals surface area contributed by atoms with Gasteiger partial charge in [-0.25, -0.2) is 13.6 Å². The van der Waals surface area contributed by atoms with Crippen LogP contribution in [-0.2, 0) is 9.59 Å². The van der Waals surface area contributed by atoms with Gasteiger partial charge in [-0.2, -0.15) is 0 Å². The molecule has 1 aliphatic heterocycles. The van der Waals surface area contributed by atoms with Gasteiger partial charge < -0.3 is 14.7 Å². The Labute approximate surface area is 126 Å². The minimum atomic E-state index is -2.34. The van der Waals surface area contributed by atoms with Crippen molar-refractivity contribution >= 4 is 11.9 Å². The van der Waals surface area contributed by atoms with Crippen molar-refractivity contribution in [3.63, 3.8) is 0 Å². The number of likely N-dealkylation sites (tertiary alicyclic amines) is 1. The molecular formula is C15H17F2NO4. The van der Waals surface area contributed by atoms with E-state index in [9.17, 15) is 18.4 Å². The standard InChI is InChI=1S/C15H17F2NO4/c16-11-3-1-4-12(9-11)22-8-2-5-13(19)18-7-6-15(17,10-18)14(20)21/h1,3-4,9H,2,5-8,10H2,(H,20,21). The monoisotopic (exact) mass is 313 g/mol. The van der Waals surface area contributed by atoms with Crippen molar-refractivity contribution in [2.75, 3.05) is 19.7 Å². The van der Waals surface area contributed by atoms with Gasteiger partial charge in [0.1, 0.15) is 11.6 Å². The summed E-state index contributed by atoms with van der Waals surface area (Å²) < 4.78 is 32.1. The number of carbonyl (C=O) groups excluding carboxylic acids is 1. The predicted octanol–water partition coefficient (Wildman–Crippen LogP) is 2.01. The average Bonchev–Trinajstić information content (AvgIpc) is 2.88. The molecule has 1 heterocycles. The number of rotatable bonds is 6. The van der Waals surface area contributed by atoms with Gasteiger partial charge in [0.05, 0.1) is 13.2 Å². The summed E-state index contributed by atoms with van der Waals surface area (Å²) >= 11 is 0. The first-order valence-electron chi connectivity index (χ1n) is 6.99. The first kappa shape index (κ1) is 16.2. The number of hydrogen-bond acceptors (Lipinski definition) is 3. The summed E-state index contributed by atoms with van der Waals surface area (Å²) in [7, 11) is 0. The van der Waals surface area contributed by atoms with E-state index in [0.717, 1.165) is 0 Å². The quantitative estimate of drug-likeness (QED) is 0.816. The van der Waals surface area contributed by atoms with Crippen LogP contribution in [0.3, 0.4) is 0 Å². The number of carboxylic acids is 1. The van der Waals surface area contributed by atoms with E-state index >= 15 is 0 Å². The maximum atomic E-state index is 13.8. The molecule has 0 bridgehead atoms. The third kappa shape index (κ3) is 3.93. The molecule has 1 aromatic rings. The van der Waals surface area contributed by atoms with Gasteiger partial charge in [-0.05, 0) is 18.6 Å². The largest absolute Gasteiger partial charge is 0.493 e. The fourth-order valence-corrected chi connectivity index (χ4v) is 2.29. The molecule has 1 unspecified atom stereocenters. The van der Waals surface area contributed by atoms with Crippen LogP contribution in [0.25, 0.3) is 0 Å². The summed E-state index contributed by atoms with van der Waals surface area (Å²) in [5.41, 5.74) is -2.34. The number of halogens is 2. The molecule has 0 aliphatic carbocycles. The molecule has 7 heteroatoms. The summed E-state index contributed by atoms with van der Waals surface area (Å²) in [5.74, 6) is -1.86. The molecule has 0 saturated carbocycles. The van der Waals surface area contributed by atoms with Crippen LogP contribution in [0.1, 0.15) is 19.3 Å². The highest BCUT2D eigenvalue weighted by Crippen LogP contribution is 2.26. The van der Waals surface area contributed by atoms with Gasteiger partial charge in [0.2, 0.25) is 11.6 Å². The third-order valence-electron chi connectivity index (χ3n) is 3.56. The molecule has 22 heavy (non-hydrogen) atoms. The van der Waals surface area contributed by atoms with Crippen LogP contribution in [0.2, 0.25) is 0 Å². The SMILES string of the molecule is O=C(CCCOc1cccc(F)c1)N1CCC(F)(C(=O)O)C1. The Kier molecular flexibility index (Phi) is 4.95. The second-order valence-electron chi connectivity index (χ2n) is 5.25. The topological polar surface area (TPSA) is 66.8 Å². The first-order chi connectivity index (χ1) is 10.4. The van der Waals surface area contributed by atoms with Gasteiger partial charge in [0.15, 0.2) is 0 Å². The summed E-state index contributed by atoms with van der Waals surface area (Å²) in [5, 5.41) is 8.77. The fourth-order valence-electron chi connectivity index (χ4n) is 2.29. The van der Waals surface area contributed by atoms with E-state index in [1.165, 1.54) is 23.1 Å². The molecule has 1 saturated heterocycles. The van der Waals surface area contributed by atoms with Crippen molar-refractivity contribution in [2.45, 2.75) is 24.9 Å². The number of nitrogens with zero attached hydrogens (tertiary/aromatic N) is 1. The number of amides is 1. The Balaban J connectivity index is 1.71. The highest BCUT2D eigenvalue weighted by molar-refractivity contribution is 5.82. The number of alkyl halides is 1. The Morgan fingerprint density at radius 1 is 1.41 bits per heavy atom. The summed E-state index contributed by atoms with van der Waals surface area (Å²) in [6.07, 6.45) is 0.330. The van der Waals surface area contributed by atoms with Gasteiger partial charge >= 0.3 is 5.97 Å². The van der Waals surface area contributed by atoms with Crippen molar-refractivity contribution < 1.29 is 28.2 Å². The molecule has 1 atom stereocenters. The molecule has 1 N–H and O–H groups in total. The third-order valence-corrected chi connectivity index (χ3v) is 3.56. The molecule has 0 aromatic heterocycles. The van der Waals surface area contributed by atoms with Crippen molar-refractivity contribution in [1.29, 1.82) is 0 Å². The van der Waals surface area contributed by atoms with Crippen LogP contribution in [0, 0.1) is 5.82 Å². The van der Waals surface area contributed by atoms with Gasteiger partial charge in [-0.15, -0.1) is 0 Å². The lowest BCUT2D eigenvalue weighted by Gasteiger charge is -2.17. The number of ether oxygens (including phenoxy) is 1. The molecule has 5 nitrogen and oxygen atoms in total. The molecule has 1 aromatic carbocycles. The van der Waals surface area contributed by atoms with Crippen LogP contribution in [0.15, 0.2) is 24.3 Å². The molecule has 0 spiro atoms. The Hall–Kier alpha value is -2.18. The molecule has 1 fully saturated rings. The highest BCUT2D eigenvalue weighted by atomic mass is 19.1. The maximum absolute atomic E-state index is 13.8. The normalized spacial score (nSPS) is 20.9. The van der Waals surface area contributed by atoms with Gasteiger partial charge in [-0.1, -0.05) is 6.07 Å². The van der Waals surface area contributed by atoms with E-state index in [1.807, 2.05) is 0 Å². The molecule has 120 valence electrons. The lowest BCUT2D eigenvalue weighted by atomic mass is 10.1. The minimum absolute atomic E-state index is 0.104. The molecule has 1 amide bonds. The number of hydrogen-bond donors (Lipinski definition) is 1. The Morgan fingerprint density at radius 2 is 2.18 bits per heavy atom. The second kappa shape index (κ2) is 6.72. The maximum Gasteiger partial charge on any atom is 0.343 e. The van der Waals surface area contributed by atoms with Crippen LogP contribution < -0.4 is 4.74 Å². The van der Waals surface area contributed by atoms with Crippen LogP contribution in [0.5, 0.6) is 5.75 Å². The van der Waals surface area contributed by atoms with Crippen LogP contribution in [0.4, 0.5) is 8.78 Å². The van der Waals surface area contributed by atoms with Crippen LogP contribution >= 0.6 is 0 Å². The smallest absolute Gasteiger partial charge is 0.343 e. The number of benzene rings is 1. The number of carbonyl (C=O) groups is 2. The molecule has 0 radical (unpaired) electrons. The van der Waals surface area contributed by atoms with Gasteiger partial charge in [0.25, 0.3) is 0 Å². The van der Waals surface area contributed by atoms with E-state index in [1.54, 1.807) is 6.07 Å². The fraction of sp³-hybridized carbons (Fsp3) is 0.467. The van der Waals surface area contributed by atoms with E-state index < -0.39 is 24.0 Å². The van der Waals surface area contributed by atoms with E-state index in [0.29, 0.717) is 12.2 Å².